The van der Waals surface area contributed by atoms with E-state index in [0.717, 1.165) is 0 Å². The third kappa shape index (κ3) is 3.95. The van der Waals surface area contributed by atoms with Crippen LogP contribution < -0.4 is 11.1 Å². The summed E-state index contributed by atoms with van der Waals surface area (Å²) in [5.41, 5.74) is 5.39. The van der Waals surface area contributed by atoms with E-state index in [4.69, 9.17) is 20.3 Å². The first-order valence-corrected chi connectivity index (χ1v) is 5.41. The second-order valence-corrected chi connectivity index (χ2v) is 3.95. The number of carbonyl (C=O) groups is 2. The average Bonchev–Trinajstić information content (AvgIpc) is 2.74. The van der Waals surface area contributed by atoms with Crippen molar-refractivity contribution in [1.82, 2.24) is 5.32 Å². The Morgan fingerprint density at radius 1 is 1.59 bits per heavy atom. The first kappa shape index (κ1) is 13.9. The lowest BCUT2D eigenvalue weighted by Gasteiger charge is -2.18. The number of methoxy groups -OCH3 is 1. The number of carboxylic acids is 1. The molecule has 7 nitrogen and oxygen atoms in total. The lowest BCUT2D eigenvalue weighted by atomic mass is 10.0. The lowest BCUT2D eigenvalue weighted by molar-refractivity contribution is -0.142. The van der Waals surface area contributed by atoms with E-state index in [1.165, 1.54) is 7.11 Å². The van der Waals surface area contributed by atoms with E-state index in [9.17, 15) is 9.59 Å². The third-order valence-corrected chi connectivity index (χ3v) is 2.75. The van der Waals surface area contributed by atoms with Crippen molar-refractivity contribution in [2.45, 2.75) is 18.6 Å². The number of hydrogen-bond donors (Lipinski definition) is 3. The minimum atomic E-state index is -0.963. The summed E-state index contributed by atoms with van der Waals surface area (Å²) in [7, 11) is 1.48. The minimum Gasteiger partial charge on any atom is -0.481 e. The van der Waals surface area contributed by atoms with E-state index in [1.807, 2.05) is 0 Å². The van der Waals surface area contributed by atoms with Gasteiger partial charge in [-0.15, -0.1) is 0 Å². The van der Waals surface area contributed by atoms with Crippen molar-refractivity contribution in [2.75, 3.05) is 26.9 Å². The number of amides is 1. The van der Waals surface area contributed by atoms with Gasteiger partial charge in [-0.25, -0.2) is 0 Å². The van der Waals surface area contributed by atoms with Crippen LogP contribution in [0.5, 0.6) is 0 Å². The Morgan fingerprint density at radius 3 is 2.82 bits per heavy atom. The summed E-state index contributed by atoms with van der Waals surface area (Å²) in [5.74, 6) is -1.92. The van der Waals surface area contributed by atoms with Crippen molar-refractivity contribution in [2.24, 2.45) is 11.7 Å². The van der Waals surface area contributed by atoms with Crippen molar-refractivity contribution in [3.05, 3.63) is 0 Å². The number of carbonyl (C=O) groups excluding carboxylic acids is 1. The minimum absolute atomic E-state index is 0.121. The molecule has 98 valence electrons. The van der Waals surface area contributed by atoms with E-state index < -0.39 is 17.9 Å². The van der Waals surface area contributed by atoms with Crippen LogP contribution in [-0.4, -0.2) is 56.0 Å². The molecule has 1 saturated heterocycles. The average molecular weight is 246 g/mol. The van der Waals surface area contributed by atoms with Crippen molar-refractivity contribution >= 4 is 11.9 Å². The van der Waals surface area contributed by atoms with Crippen molar-refractivity contribution in [3.63, 3.8) is 0 Å². The zero-order valence-electron chi connectivity index (χ0n) is 9.72. The number of nitrogens with two attached hydrogens (primary N) is 1. The SMILES string of the molecule is COC(CN)CC(=O)NC1COCC1C(=O)O. The number of aliphatic carboxylic acids is 1. The second kappa shape index (κ2) is 6.53. The maximum atomic E-state index is 11.6. The summed E-state index contributed by atoms with van der Waals surface area (Å²) in [5, 5.41) is 11.5. The van der Waals surface area contributed by atoms with Crippen LogP contribution >= 0.6 is 0 Å². The molecule has 0 bridgehead atoms. The Bertz CT molecular complexity index is 280. The van der Waals surface area contributed by atoms with Gasteiger partial charge in [0, 0.05) is 13.7 Å². The van der Waals surface area contributed by atoms with Crippen LogP contribution in [0.4, 0.5) is 0 Å². The van der Waals surface area contributed by atoms with E-state index in [2.05, 4.69) is 5.32 Å². The Labute approximate surface area is 99.3 Å². The monoisotopic (exact) mass is 246 g/mol. The van der Waals surface area contributed by atoms with Crippen LogP contribution in [0.1, 0.15) is 6.42 Å². The predicted octanol–water partition coefficient (Wildman–Crippen LogP) is -1.43. The fourth-order valence-corrected chi connectivity index (χ4v) is 1.68. The topological polar surface area (TPSA) is 111 Å². The standard InChI is InChI=1S/C10H18N2O5/c1-16-6(3-11)2-9(13)12-8-5-17-4-7(8)10(14)15/h6-8H,2-5,11H2,1H3,(H,12,13)(H,14,15). The van der Waals surface area contributed by atoms with E-state index >= 15 is 0 Å². The Balaban J connectivity index is 2.42. The molecule has 1 fully saturated rings. The molecule has 1 aliphatic heterocycles. The van der Waals surface area contributed by atoms with Gasteiger partial charge in [-0.3, -0.25) is 9.59 Å². The highest BCUT2D eigenvalue weighted by Gasteiger charge is 2.35. The summed E-state index contributed by atoms with van der Waals surface area (Å²) >= 11 is 0. The summed E-state index contributed by atoms with van der Waals surface area (Å²) in [6.45, 7) is 0.599. The normalized spacial score (nSPS) is 25.5. The molecule has 0 saturated carbocycles. The molecule has 7 heteroatoms. The second-order valence-electron chi connectivity index (χ2n) is 3.95. The van der Waals surface area contributed by atoms with Crippen LogP contribution in [0.3, 0.4) is 0 Å². The molecule has 0 aromatic carbocycles. The molecule has 0 aliphatic carbocycles. The Hall–Kier alpha value is -1.18. The smallest absolute Gasteiger partial charge is 0.311 e. The molecular formula is C10H18N2O5. The highest BCUT2D eigenvalue weighted by Crippen LogP contribution is 2.14. The molecule has 4 N–H and O–H groups in total. The number of carboxylic acid groups (broad SMARTS) is 1. The Morgan fingerprint density at radius 2 is 2.29 bits per heavy atom. The van der Waals surface area contributed by atoms with Gasteiger partial charge in [-0.1, -0.05) is 0 Å². The van der Waals surface area contributed by atoms with Gasteiger partial charge in [0.1, 0.15) is 5.92 Å². The Kier molecular flexibility index (Phi) is 5.33. The van der Waals surface area contributed by atoms with Gasteiger partial charge in [0.2, 0.25) is 5.91 Å². The van der Waals surface area contributed by atoms with Gasteiger partial charge in [0.15, 0.2) is 0 Å². The molecular weight excluding hydrogens is 228 g/mol. The molecule has 1 amide bonds. The molecule has 3 atom stereocenters. The number of ether oxygens (including phenoxy) is 2. The van der Waals surface area contributed by atoms with Gasteiger partial charge < -0.3 is 25.6 Å². The van der Waals surface area contributed by atoms with Crippen molar-refractivity contribution in [1.29, 1.82) is 0 Å². The maximum absolute atomic E-state index is 11.6. The molecule has 0 radical (unpaired) electrons. The van der Waals surface area contributed by atoms with Crippen LogP contribution in [0.25, 0.3) is 0 Å². The van der Waals surface area contributed by atoms with E-state index in [1.54, 1.807) is 0 Å². The maximum Gasteiger partial charge on any atom is 0.311 e. The van der Waals surface area contributed by atoms with Gasteiger partial charge in [0.05, 0.1) is 31.8 Å². The highest BCUT2D eigenvalue weighted by atomic mass is 16.5. The fraction of sp³-hybridized carbons (Fsp3) is 0.800. The number of nitrogens with one attached hydrogen (secondary N) is 1. The molecule has 0 aromatic rings. The number of hydrogen-bond acceptors (Lipinski definition) is 5. The molecule has 1 aliphatic rings. The van der Waals surface area contributed by atoms with E-state index in [-0.39, 0.29) is 38.2 Å². The quantitative estimate of drug-likeness (QED) is 0.529. The lowest BCUT2D eigenvalue weighted by Crippen LogP contribution is -2.44. The van der Waals surface area contributed by atoms with Gasteiger partial charge in [0.25, 0.3) is 0 Å². The molecule has 3 unspecified atom stereocenters. The molecule has 0 spiro atoms. The molecule has 1 heterocycles. The largest absolute Gasteiger partial charge is 0.481 e. The number of rotatable bonds is 6. The highest BCUT2D eigenvalue weighted by molar-refractivity contribution is 5.78. The van der Waals surface area contributed by atoms with Crippen LogP contribution in [-0.2, 0) is 19.1 Å². The van der Waals surface area contributed by atoms with Crippen LogP contribution in [0, 0.1) is 5.92 Å². The fourth-order valence-electron chi connectivity index (χ4n) is 1.68. The summed E-state index contributed by atoms with van der Waals surface area (Å²) in [6, 6.07) is -0.477. The first-order chi connectivity index (χ1) is 8.08. The zero-order valence-corrected chi connectivity index (χ0v) is 9.72. The summed E-state index contributed by atoms with van der Waals surface area (Å²) in [4.78, 5) is 22.5. The van der Waals surface area contributed by atoms with Crippen LogP contribution in [0.15, 0.2) is 0 Å². The van der Waals surface area contributed by atoms with Crippen molar-refractivity contribution < 1.29 is 24.2 Å². The van der Waals surface area contributed by atoms with Gasteiger partial charge >= 0.3 is 5.97 Å². The van der Waals surface area contributed by atoms with Gasteiger partial charge in [-0.05, 0) is 0 Å². The van der Waals surface area contributed by atoms with Crippen LogP contribution in [0.2, 0.25) is 0 Å². The molecule has 0 aromatic heterocycles. The van der Waals surface area contributed by atoms with Crippen molar-refractivity contribution in [3.8, 4) is 0 Å². The third-order valence-electron chi connectivity index (χ3n) is 2.75. The zero-order chi connectivity index (χ0) is 12.8. The van der Waals surface area contributed by atoms with Gasteiger partial charge in [-0.2, -0.15) is 0 Å². The molecule has 17 heavy (non-hydrogen) atoms. The predicted molar refractivity (Wildman–Crippen MR) is 58.3 cm³/mol. The first-order valence-electron chi connectivity index (χ1n) is 5.41. The molecule has 1 rings (SSSR count). The summed E-state index contributed by atoms with van der Waals surface area (Å²) < 4.78 is 10.0. The summed E-state index contributed by atoms with van der Waals surface area (Å²) in [6.07, 6.45) is -0.226. The van der Waals surface area contributed by atoms with E-state index in [0.29, 0.717) is 0 Å².